The highest BCUT2D eigenvalue weighted by Gasteiger charge is 2.30. The van der Waals surface area contributed by atoms with Gasteiger partial charge in [-0.2, -0.15) is 13.2 Å². The first kappa shape index (κ1) is 20.6. The molecule has 2 amide bonds. The second kappa shape index (κ2) is 8.48. The number of amides is 2. The Morgan fingerprint density at radius 2 is 1.24 bits per heavy atom. The van der Waals surface area contributed by atoms with Gasteiger partial charge in [-0.3, -0.25) is 9.59 Å². The van der Waals surface area contributed by atoms with E-state index in [1.165, 1.54) is 36.4 Å². The van der Waals surface area contributed by atoms with Crippen molar-refractivity contribution in [3.8, 4) is 0 Å². The Morgan fingerprint density at radius 3 is 1.79 bits per heavy atom. The van der Waals surface area contributed by atoms with Gasteiger partial charge in [-0.05, 0) is 66.7 Å². The van der Waals surface area contributed by atoms with Crippen LogP contribution < -0.4 is 10.6 Å². The predicted octanol–water partition coefficient (Wildman–Crippen LogP) is 5.97. The van der Waals surface area contributed by atoms with Crippen LogP contribution in [0.4, 0.5) is 24.5 Å². The third kappa shape index (κ3) is 5.45. The molecule has 8 heteroatoms. The number of anilines is 2. The average molecular weight is 463 g/mol. The molecule has 0 spiro atoms. The molecule has 148 valence electrons. The Labute approximate surface area is 172 Å². The summed E-state index contributed by atoms with van der Waals surface area (Å²) >= 11 is 3.29. The van der Waals surface area contributed by atoms with Crippen molar-refractivity contribution in [2.75, 3.05) is 10.6 Å². The molecule has 0 aliphatic carbocycles. The summed E-state index contributed by atoms with van der Waals surface area (Å²) in [6, 6.07) is 17.2. The van der Waals surface area contributed by atoms with E-state index in [0.717, 1.165) is 16.6 Å². The maximum atomic E-state index is 12.8. The maximum Gasteiger partial charge on any atom is 0.416 e. The molecule has 4 nitrogen and oxygen atoms in total. The summed E-state index contributed by atoms with van der Waals surface area (Å²) in [4.78, 5) is 24.5. The monoisotopic (exact) mass is 462 g/mol. The van der Waals surface area contributed by atoms with Gasteiger partial charge in [0, 0.05) is 27.0 Å². The Morgan fingerprint density at radius 1 is 0.724 bits per heavy atom. The van der Waals surface area contributed by atoms with Crippen molar-refractivity contribution in [3.63, 3.8) is 0 Å². The van der Waals surface area contributed by atoms with Crippen molar-refractivity contribution in [1.82, 2.24) is 0 Å². The number of alkyl halides is 3. The third-order valence-electron chi connectivity index (χ3n) is 3.96. The molecule has 0 aliphatic heterocycles. The van der Waals surface area contributed by atoms with Crippen molar-refractivity contribution in [1.29, 1.82) is 0 Å². The number of hydrogen-bond acceptors (Lipinski definition) is 2. The summed E-state index contributed by atoms with van der Waals surface area (Å²) in [7, 11) is 0. The molecular formula is C21H14BrF3N2O2. The summed E-state index contributed by atoms with van der Waals surface area (Å²) in [6.45, 7) is 0. The zero-order chi connectivity index (χ0) is 21.0. The van der Waals surface area contributed by atoms with Gasteiger partial charge in [0.15, 0.2) is 0 Å². The second-order valence-electron chi connectivity index (χ2n) is 6.07. The van der Waals surface area contributed by atoms with Gasteiger partial charge in [0.25, 0.3) is 11.8 Å². The first-order chi connectivity index (χ1) is 13.7. The zero-order valence-electron chi connectivity index (χ0n) is 14.8. The number of halogens is 4. The van der Waals surface area contributed by atoms with Crippen molar-refractivity contribution in [2.24, 2.45) is 0 Å². The highest BCUT2D eigenvalue weighted by molar-refractivity contribution is 9.10. The third-order valence-corrected chi connectivity index (χ3v) is 4.49. The van der Waals surface area contributed by atoms with Crippen LogP contribution in [0.2, 0.25) is 0 Å². The first-order valence-electron chi connectivity index (χ1n) is 8.38. The summed E-state index contributed by atoms with van der Waals surface area (Å²) in [5.41, 5.74) is 0.385. The smallest absolute Gasteiger partial charge is 0.322 e. The van der Waals surface area contributed by atoms with E-state index < -0.39 is 17.6 Å². The Kier molecular flexibility index (Phi) is 6.03. The fourth-order valence-electron chi connectivity index (χ4n) is 2.49. The van der Waals surface area contributed by atoms with Crippen molar-refractivity contribution >= 4 is 39.1 Å². The van der Waals surface area contributed by atoms with E-state index in [1.807, 2.05) is 0 Å². The Bertz CT molecular complexity index is 1030. The number of carbonyl (C=O) groups excluding carboxylic acids is 2. The van der Waals surface area contributed by atoms with Crippen LogP contribution >= 0.6 is 15.9 Å². The molecule has 0 saturated heterocycles. The predicted molar refractivity (Wildman–Crippen MR) is 108 cm³/mol. The standard InChI is InChI=1S/C21H14BrF3N2O2/c22-16-8-4-13(5-9-16)19(28)26-17-10-6-14(7-11-17)20(29)27-18-3-1-2-15(12-18)21(23,24)25/h1-12H,(H,26,28)(H,27,29). The summed E-state index contributed by atoms with van der Waals surface area (Å²) < 4.78 is 39.2. The quantitative estimate of drug-likeness (QED) is 0.501. The largest absolute Gasteiger partial charge is 0.416 e. The second-order valence-corrected chi connectivity index (χ2v) is 6.99. The lowest BCUT2D eigenvalue weighted by Gasteiger charge is -2.10. The lowest BCUT2D eigenvalue weighted by Crippen LogP contribution is -2.14. The average Bonchev–Trinajstić information content (AvgIpc) is 2.68. The van der Waals surface area contributed by atoms with Gasteiger partial charge in [-0.15, -0.1) is 0 Å². The van der Waals surface area contributed by atoms with Crippen molar-refractivity contribution in [2.45, 2.75) is 6.18 Å². The van der Waals surface area contributed by atoms with Crippen LogP contribution in [-0.2, 0) is 6.18 Å². The molecule has 2 N–H and O–H groups in total. The van der Waals surface area contributed by atoms with E-state index in [9.17, 15) is 22.8 Å². The molecule has 0 atom stereocenters. The van der Waals surface area contributed by atoms with Crippen molar-refractivity contribution in [3.05, 3.63) is 94.0 Å². The SMILES string of the molecule is O=C(Nc1ccc(C(=O)Nc2cccc(C(F)(F)F)c2)cc1)c1ccc(Br)cc1. The van der Waals surface area contributed by atoms with Crippen LogP contribution in [0.3, 0.4) is 0 Å². The summed E-state index contributed by atoms with van der Waals surface area (Å²) in [5, 5.41) is 5.14. The molecule has 0 fully saturated rings. The van der Waals surface area contributed by atoms with Crippen LogP contribution in [0, 0.1) is 0 Å². The van der Waals surface area contributed by atoms with E-state index in [1.54, 1.807) is 24.3 Å². The molecule has 0 radical (unpaired) electrons. The highest BCUT2D eigenvalue weighted by Crippen LogP contribution is 2.30. The summed E-state index contributed by atoms with van der Waals surface area (Å²) in [6.07, 6.45) is -4.49. The van der Waals surface area contributed by atoms with E-state index in [0.29, 0.717) is 11.3 Å². The van der Waals surface area contributed by atoms with Gasteiger partial charge in [0.05, 0.1) is 5.56 Å². The van der Waals surface area contributed by atoms with Gasteiger partial charge < -0.3 is 10.6 Å². The van der Waals surface area contributed by atoms with Gasteiger partial charge in [-0.1, -0.05) is 22.0 Å². The molecule has 0 saturated carbocycles. The topological polar surface area (TPSA) is 58.2 Å². The first-order valence-corrected chi connectivity index (χ1v) is 9.17. The molecule has 3 aromatic carbocycles. The van der Waals surface area contributed by atoms with E-state index in [-0.39, 0.29) is 17.2 Å². The Hall–Kier alpha value is -3.13. The molecule has 0 aliphatic rings. The normalized spacial score (nSPS) is 11.0. The number of benzene rings is 3. The molecule has 0 bridgehead atoms. The number of nitrogens with one attached hydrogen (secondary N) is 2. The lowest BCUT2D eigenvalue weighted by molar-refractivity contribution is -0.137. The minimum absolute atomic E-state index is 0.0393. The van der Waals surface area contributed by atoms with E-state index in [2.05, 4.69) is 26.6 Å². The molecular weight excluding hydrogens is 449 g/mol. The molecule has 3 rings (SSSR count). The van der Waals surface area contributed by atoms with Crippen molar-refractivity contribution < 1.29 is 22.8 Å². The number of carbonyl (C=O) groups is 2. The number of rotatable bonds is 4. The van der Waals surface area contributed by atoms with Crippen LogP contribution in [0.5, 0.6) is 0 Å². The zero-order valence-corrected chi connectivity index (χ0v) is 16.3. The van der Waals surface area contributed by atoms with Crippen LogP contribution in [0.1, 0.15) is 26.3 Å². The highest BCUT2D eigenvalue weighted by atomic mass is 79.9. The minimum Gasteiger partial charge on any atom is -0.322 e. The minimum atomic E-state index is -4.49. The van der Waals surface area contributed by atoms with Gasteiger partial charge >= 0.3 is 6.18 Å². The van der Waals surface area contributed by atoms with Crippen LogP contribution in [0.25, 0.3) is 0 Å². The van der Waals surface area contributed by atoms with Gasteiger partial charge in [0.1, 0.15) is 0 Å². The fourth-order valence-corrected chi connectivity index (χ4v) is 2.75. The van der Waals surface area contributed by atoms with Gasteiger partial charge in [0.2, 0.25) is 0 Å². The molecule has 0 aromatic heterocycles. The molecule has 0 unspecified atom stereocenters. The van der Waals surface area contributed by atoms with E-state index >= 15 is 0 Å². The molecule has 3 aromatic rings. The van der Waals surface area contributed by atoms with E-state index in [4.69, 9.17) is 0 Å². The van der Waals surface area contributed by atoms with Crippen LogP contribution in [-0.4, -0.2) is 11.8 Å². The number of hydrogen-bond donors (Lipinski definition) is 2. The van der Waals surface area contributed by atoms with Gasteiger partial charge in [-0.25, -0.2) is 0 Å². The Balaban J connectivity index is 1.66. The fraction of sp³-hybridized carbons (Fsp3) is 0.0476. The molecule has 0 heterocycles. The van der Waals surface area contributed by atoms with Crippen LogP contribution in [0.15, 0.2) is 77.3 Å². The lowest BCUT2D eigenvalue weighted by atomic mass is 10.1. The molecule has 29 heavy (non-hydrogen) atoms. The summed E-state index contributed by atoms with van der Waals surface area (Å²) in [5.74, 6) is -0.867. The maximum absolute atomic E-state index is 12.8.